The van der Waals surface area contributed by atoms with E-state index in [1.165, 1.54) is 37.0 Å². The van der Waals surface area contributed by atoms with Gasteiger partial charge in [-0.05, 0) is 25.7 Å². The Morgan fingerprint density at radius 3 is 2.94 bits per heavy atom. The van der Waals surface area contributed by atoms with Gasteiger partial charge < -0.3 is 10.4 Å². The molecule has 100 valence electrons. The van der Waals surface area contributed by atoms with Gasteiger partial charge in [0.15, 0.2) is 5.13 Å². The summed E-state index contributed by atoms with van der Waals surface area (Å²) in [4.78, 5) is 15.6. The molecule has 1 saturated carbocycles. The van der Waals surface area contributed by atoms with Crippen LogP contribution in [-0.2, 0) is 0 Å². The van der Waals surface area contributed by atoms with Crippen molar-refractivity contribution in [3.05, 3.63) is 10.6 Å². The number of hydrogen-bond acceptors (Lipinski definition) is 4. The molecule has 18 heavy (non-hydrogen) atoms. The molecule has 1 heterocycles. The van der Waals surface area contributed by atoms with E-state index in [0.29, 0.717) is 16.6 Å². The van der Waals surface area contributed by atoms with Gasteiger partial charge in [0.2, 0.25) is 0 Å². The molecule has 2 unspecified atom stereocenters. The van der Waals surface area contributed by atoms with E-state index in [1.54, 1.807) is 6.92 Å². The van der Waals surface area contributed by atoms with Gasteiger partial charge in [-0.2, -0.15) is 0 Å². The maximum absolute atomic E-state index is 11.0. The molecular formula is C13H20N2O2S. The van der Waals surface area contributed by atoms with Crippen LogP contribution >= 0.6 is 11.3 Å². The minimum atomic E-state index is -0.881. The van der Waals surface area contributed by atoms with E-state index in [2.05, 4.69) is 17.2 Å². The van der Waals surface area contributed by atoms with Crippen molar-refractivity contribution in [3.8, 4) is 0 Å². The fraction of sp³-hybridized carbons (Fsp3) is 0.692. The number of aromatic carboxylic acids is 1. The number of aromatic nitrogens is 1. The molecule has 1 aliphatic rings. The smallest absolute Gasteiger partial charge is 0.347 e. The molecule has 0 radical (unpaired) electrons. The van der Waals surface area contributed by atoms with Crippen molar-refractivity contribution in [2.45, 2.75) is 52.0 Å². The van der Waals surface area contributed by atoms with Crippen LogP contribution in [0.5, 0.6) is 0 Å². The van der Waals surface area contributed by atoms with Crippen molar-refractivity contribution < 1.29 is 9.90 Å². The van der Waals surface area contributed by atoms with E-state index in [0.717, 1.165) is 17.5 Å². The second kappa shape index (κ2) is 5.69. The Labute approximate surface area is 111 Å². The average molecular weight is 268 g/mol. The number of hydrogen-bond donors (Lipinski definition) is 2. The van der Waals surface area contributed by atoms with Crippen LogP contribution in [0.25, 0.3) is 0 Å². The van der Waals surface area contributed by atoms with E-state index in [1.807, 2.05) is 0 Å². The number of anilines is 1. The molecule has 1 aromatic rings. The van der Waals surface area contributed by atoms with Crippen molar-refractivity contribution in [2.24, 2.45) is 5.92 Å². The molecular weight excluding hydrogens is 248 g/mol. The quantitative estimate of drug-likeness (QED) is 0.877. The van der Waals surface area contributed by atoms with Crippen LogP contribution in [0.15, 0.2) is 0 Å². The lowest BCUT2D eigenvalue weighted by atomic mass is 9.84. The van der Waals surface area contributed by atoms with Gasteiger partial charge in [0.1, 0.15) is 4.88 Å². The van der Waals surface area contributed by atoms with E-state index >= 15 is 0 Å². The number of carbonyl (C=O) groups is 1. The molecule has 0 spiro atoms. The number of nitrogens with zero attached hydrogens (tertiary/aromatic N) is 1. The SMILES string of the molecule is CCC1CCCC(Nc2nc(C)c(C(=O)O)s2)C1. The number of aryl methyl sites for hydroxylation is 1. The monoisotopic (exact) mass is 268 g/mol. The number of carboxylic acids is 1. The first-order valence-electron chi connectivity index (χ1n) is 6.57. The number of nitrogens with one attached hydrogen (secondary N) is 1. The van der Waals surface area contributed by atoms with Crippen molar-refractivity contribution in [2.75, 3.05) is 5.32 Å². The Hall–Kier alpha value is -1.10. The van der Waals surface area contributed by atoms with Gasteiger partial charge in [-0.25, -0.2) is 9.78 Å². The van der Waals surface area contributed by atoms with Crippen LogP contribution in [0.1, 0.15) is 54.4 Å². The molecule has 2 atom stereocenters. The first-order chi connectivity index (χ1) is 8.60. The summed E-state index contributed by atoms with van der Waals surface area (Å²) in [5, 5.41) is 13.2. The van der Waals surface area contributed by atoms with Crippen LogP contribution in [-0.4, -0.2) is 22.1 Å². The Morgan fingerprint density at radius 1 is 1.56 bits per heavy atom. The van der Waals surface area contributed by atoms with Crippen LogP contribution in [0.4, 0.5) is 5.13 Å². The molecule has 2 N–H and O–H groups in total. The molecule has 1 aromatic heterocycles. The lowest BCUT2D eigenvalue weighted by Gasteiger charge is -2.28. The summed E-state index contributed by atoms with van der Waals surface area (Å²) in [6, 6.07) is 0.455. The third-order valence-corrected chi connectivity index (χ3v) is 4.76. The fourth-order valence-corrected chi connectivity index (χ4v) is 3.51. The lowest BCUT2D eigenvalue weighted by molar-refractivity contribution is 0.0701. The highest BCUT2D eigenvalue weighted by atomic mass is 32.1. The van der Waals surface area contributed by atoms with Gasteiger partial charge in [-0.1, -0.05) is 37.5 Å². The minimum Gasteiger partial charge on any atom is -0.477 e. The second-order valence-corrected chi connectivity index (χ2v) is 6.02. The maximum Gasteiger partial charge on any atom is 0.347 e. The van der Waals surface area contributed by atoms with Crippen molar-refractivity contribution in [3.63, 3.8) is 0 Å². The fourth-order valence-electron chi connectivity index (χ4n) is 2.62. The van der Waals surface area contributed by atoms with Crippen LogP contribution in [0.3, 0.4) is 0 Å². The van der Waals surface area contributed by atoms with Gasteiger partial charge in [0.25, 0.3) is 0 Å². The van der Waals surface area contributed by atoms with Crippen LogP contribution in [0.2, 0.25) is 0 Å². The van der Waals surface area contributed by atoms with Crippen molar-refractivity contribution in [1.29, 1.82) is 0 Å². The van der Waals surface area contributed by atoms with Crippen molar-refractivity contribution >= 4 is 22.4 Å². The third-order valence-electron chi connectivity index (χ3n) is 3.68. The topological polar surface area (TPSA) is 62.2 Å². The average Bonchev–Trinajstić information content (AvgIpc) is 2.70. The molecule has 1 aliphatic carbocycles. The van der Waals surface area contributed by atoms with Gasteiger partial charge in [-0.15, -0.1) is 0 Å². The third kappa shape index (κ3) is 3.02. The summed E-state index contributed by atoms with van der Waals surface area (Å²) in [5.41, 5.74) is 0.609. The molecule has 0 saturated heterocycles. The predicted molar refractivity (Wildman–Crippen MR) is 73.5 cm³/mol. The van der Waals surface area contributed by atoms with E-state index in [-0.39, 0.29) is 0 Å². The number of thiazole rings is 1. The Bertz CT molecular complexity index is 431. The predicted octanol–water partition coefficient (Wildman–Crippen LogP) is 3.53. The molecule has 2 rings (SSSR count). The summed E-state index contributed by atoms with van der Waals surface area (Å²) >= 11 is 1.25. The zero-order chi connectivity index (χ0) is 13.1. The molecule has 4 nitrogen and oxygen atoms in total. The van der Waals surface area contributed by atoms with Gasteiger partial charge in [0, 0.05) is 6.04 Å². The maximum atomic E-state index is 11.0. The summed E-state index contributed by atoms with van der Waals surface area (Å²) in [6.07, 6.45) is 6.16. The van der Waals surface area contributed by atoms with Crippen LogP contribution < -0.4 is 5.32 Å². The standard InChI is InChI=1S/C13H20N2O2S/c1-3-9-5-4-6-10(7-9)15-13-14-8(2)11(18-13)12(16)17/h9-10H,3-7H2,1-2H3,(H,14,15)(H,16,17). The highest BCUT2D eigenvalue weighted by Gasteiger charge is 2.22. The second-order valence-electron chi connectivity index (χ2n) is 5.02. The summed E-state index contributed by atoms with van der Waals surface area (Å²) in [6.45, 7) is 3.99. The Morgan fingerprint density at radius 2 is 2.33 bits per heavy atom. The highest BCUT2D eigenvalue weighted by molar-refractivity contribution is 7.17. The largest absolute Gasteiger partial charge is 0.477 e. The summed E-state index contributed by atoms with van der Waals surface area (Å²) in [7, 11) is 0. The first kappa shape index (κ1) is 13.3. The van der Waals surface area contributed by atoms with E-state index in [4.69, 9.17) is 5.11 Å². The zero-order valence-corrected chi connectivity index (χ0v) is 11.7. The molecule has 0 amide bonds. The molecule has 0 aliphatic heterocycles. The number of rotatable bonds is 4. The zero-order valence-electron chi connectivity index (χ0n) is 10.9. The highest BCUT2D eigenvalue weighted by Crippen LogP contribution is 2.30. The van der Waals surface area contributed by atoms with Gasteiger partial charge in [-0.3, -0.25) is 0 Å². The minimum absolute atomic E-state index is 0.348. The molecule has 5 heteroatoms. The van der Waals surface area contributed by atoms with E-state index in [9.17, 15) is 4.79 Å². The van der Waals surface area contributed by atoms with Gasteiger partial charge in [0.05, 0.1) is 5.69 Å². The normalized spacial score (nSPS) is 23.9. The van der Waals surface area contributed by atoms with Gasteiger partial charge >= 0.3 is 5.97 Å². The summed E-state index contributed by atoms with van der Waals surface area (Å²) in [5.74, 6) is -0.0793. The van der Waals surface area contributed by atoms with Crippen LogP contribution in [0, 0.1) is 12.8 Å². The van der Waals surface area contributed by atoms with Crippen molar-refractivity contribution in [1.82, 2.24) is 4.98 Å². The molecule has 1 fully saturated rings. The number of carboxylic acid groups (broad SMARTS) is 1. The summed E-state index contributed by atoms with van der Waals surface area (Å²) < 4.78 is 0. The Balaban J connectivity index is 2.00. The first-order valence-corrected chi connectivity index (χ1v) is 7.39. The van der Waals surface area contributed by atoms with E-state index < -0.39 is 5.97 Å². The lowest BCUT2D eigenvalue weighted by Crippen LogP contribution is -2.26. The Kier molecular flexibility index (Phi) is 4.22. The molecule has 0 aromatic carbocycles. The molecule has 0 bridgehead atoms.